The summed E-state index contributed by atoms with van der Waals surface area (Å²) in [7, 11) is 0. The number of ether oxygens (including phenoxy) is 6. The summed E-state index contributed by atoms with van der Waals surface area (Å²) in [4.78, 5) is 48.5. The van der Waals surface area contributed by atoms with Crippen molar-refractivity contribution < 1.29 is 43.1 Å². The predicted molar refractivity (Wildman–Crippen MR) is 161 cm³/mol. The number of amides is 1. The number of nitrogens with one attached hydrogen (secondary N) is 1. The maximum absolute atomic E-state index is 12.4. The molecule has 4 saturated heterocycles. The van der Waals surface area contributed by atoms with Gasteiger partial charge in [0.05, 0.1) is 12.7 Å². The molecular formula is C28H35N11O9. The fraction of sp³-hybridized carbons (Fsp3) is 0.571. The predicted octanol–water partition coefficient (Wildman–Crippen LogP) is -0.127. The first-order chi connectivity index (χ1) is 22.8. The molecular weight excluding hydrogens is 634 g/mol. The van der Waals surface area contributed by atoms with E-state index >= 15 is 0 Å². The Labute approximate surface area is 272 Å². The van der Waals surface area contributed by atoms with Gasteiger partial charge in [0.2, 0.25) is 0 Å². The molecule has 4 aromatic rings. The van der Waals surface area contributed by atoms with Crippen molar-refractivity contribution in [3.05, 3.63) is 25.3 Å². The summed E-state index contributed by atoms with van der Waals surface area (Å²) in [5.74, 6) is -2.53. The van der Waals surface area contributed by atoms with Crippen molar-refractivity contribution in [3.63, 3.8) is 0 Å². The van der Waals surface area contributed by atoms with E-state index in [0.29, 0.717) is 28.9 Å². The summed E-state index contributed by atoms with van der Waals surface area (Å²) in [5.41, 5.74) is 13.5. The van der Waals surface area contributed by atoms with E-state index in [1.54, 1.807) is 29.3 Å². The van der Waals surface area contributed by atoms with Crippen molar-refractivity contribution in [3.8, 4) is 0 Å². The SMILES string of the molecule is CC1(C)O[C@@H]2[C@H](O1)[C@@H](C(=O)O)O[C@H]2n1cnc2c(N)ncnc21.CCNC(=O)[C@H]1O[C@@H](n2cnc3c(N)ncnc32)[C@@H]2OC(C)(C)O[C@@H]21. The van der Waals surface area contributed by atoms with Gasteiger partial charge in [0.1, 0.15) is 48.1 Å². The third kappa shape index (κ3) is 5.35. The molecule has 6 N–H and O–H groups in total. The average molecular weight is 670 g/mol. The van der Waals surface area contributed by atoms with Crippen molar-refractivity contribution in [2.24, 2.45) is 0 Å². The molecule has 256 valence electrons. The van der Waals surface area contributed by atoms with Crippen LogP contribution in [0.5, 0.6) is 0 Å². The molecule has 8 heterocycles. The highest BCUT2D eigenvalue weighted by Gasteiger charge is 2.59. The van der Waals surface area contributed by atoms with Crippen LogP contribution in [0.4, 0.5) is 11.6 Å². The molecule has 4 aliphatic heterocycles. The summed E-state index contributed by atoms with van der Waals surface area (Å²) >= 11 is 0. The number of fused-ring (bicyclic) bond motifs is 4. The van der Waals surface area contributed by atoms with Gasteiger partial charge in [-0.1, -0.05) is 0 Å². The maximum atomic E-state index is 12.4. The molecule has 48 heavy (non-hydrogen) atoms. The monoisotopic (exact) mass is 669 g/mol. The number of rotatable bonds is 5. The summed E-state index contributed by atoms with van der Waals surface area (Å²) in [5, 5.41) is 12.1. The normalized spacial score (nSPS) is 31.4. The zero-order chi connectivity index (χ0) is 34.1. The Morgan fingerprint density at radius 2 is 1.19 bits per heavy atom. The molecule has 20 nitrogen and oxygen atoms in total. The topological polar surface area (TPSA) is 261 Å². The van der Waals surface area contributed by atoms with E-state index in [9.17, 15) is 14.7 Å². The standard InChI is InChI=1S/C15H20N6O4.C13H15N5O5/c1-4-17-13(22)9-8-10(25-15(2,3)24-8)14(23-9)21-6-20-7-11(16)18-5-19-12(7)21;1-13(2)22-6-7(23-13)11(21-8(6)12(19)20)18-4-17-5-9(14)15-3-16-10(5)18/h5-6,8-10,14H,4H2,1-3H3,(H,17,22)(H2,16,18,19);3-4,6-8,11H,1-2H3,(H,19,20)(H2,14,15,16)/t8-,9+,10-,14-;6-,7+,8-,11+/m10/s1. The minimum absolute atomic E-state index is 0.236. The van der Waals surface area contributed by atoms with Gasteiger partial charge in [-0.3, -0.25) is 13.9 Å². The average Bonchev–Trinajstić information content (AvgIpc) is 3.84. The largest absolute Gasteiger partial charge is 0.479 e. The van der Waals surface area contributed by atoms with E-state index in [1.165, 1.54) is 19.0 Å². The van der Waals surface area contributed by atoms with Crippen LogP contribution >= 0.6 is 0 Å². The number of aliphatic carboxylic acids is 1. The van der Waals surface area contributed by atoms with E-state index in [1.807, 2.05) is 20.8 Å². The highest BCUT2D eigenvalue weighted by molar-refractivity contribution is 5.83. The molecule has 0 aromatic carbocycles. The van der Waals surface area contributed by atoms with Gasteiger partial charge >= 0.3 is 5.97 Å². The van der Waals surface area contributed by atoms with Crippen LogP contribution < -0.4 is 16.8 Å². The number of anilines is 2. The lowest BCUT2D eigenvalue weighted by Gasteiger charge is -2.24. The molecule has 0 bridgehead atoms. The Kier molecular flexibility index (Phi) is 7.68. The van der Waals surface area contributed by atoms with Gasteiger partial charge in [0, 0.05) is 6.54 Å². The van der Waals surface area contributed by atoms with Crippen molar-refractivity contribution in [1.82, 2.24) is 44.4 Å². The molecule has 0 saturated carbocycles. The lowest BCUT2D eigenvalue weighted by atomic mass is 10.1. The first-order valence-corrected chi connectivity index (χ1v) is 15.2. The van der Waals surface area contributed by atoms with Crippen LogP contribution in [0, 0.1) is 0 Å². The van der Waals surface area contributed by atoms with Crippen molar-refractivity contribution in [1.29, 1.82) is 0 Å². The van der Waals surface area contributed by atoms with Crippen molar-refractivity contribution in [2.45, 2.75) is 95.3 Å². The fourth-order valence-corrected chi connectivity index (χ4v) is 6.40. The number of nitrogens with zero attached hydrogens (tertiary/aromatic N) is 8. The number of nitrogen functional groups attached to an aromatic ring is 2. The number of carboxylic acids is 1. The second kappa shape index (κ2) is 11.5. The van der Waals surface area contributed by atoms with Crippen LogP contribution in [-0.2, 0) is 38.0 Å². The van der Waals surface area contributed by atoms with Gasteiger partial charge < -0.3 is 50.3 Å². The van der Waals surface area contributed by atoms with E-state index in [4.69, 9.17) is 39.9 Å². The van der Waals surface area contributed by atoms with Crippen LogP contribution in [0.1, 0.15) is 47.1 Å². The van der Waals surface area contributed by atoms with Gasteiger partial charge in [-0.25, -0.2) is 34.7 Å². The van der Waals surface area contributed by atoms with Gasteiger partial charge in [-0.15, -0.1) is 0 Å². The van der Waals surface area contributed by atoms with E-state index in [0.717, 1.165) is 0 Å². The van der Waals surface area contributed by atoms with Crippen LogP contribution in [0.3, 0.4) is 0 Å². The summed E-state index contributed by atoms with van der Waals surface area (Å²) in [6.07, 6.45) is 0.135. The molecule has 4 aliphatic rings. The first kappa shape index (κ1) is 32.0. The molecule has 0 spiro atoms. The van der Waals surface area contributed by atoms with Crippen LogP contribution in [0.15, 0.2) is 25.3 Å². The van der Waals surface area contributed by atoms with Crippen LogP contribution in [0.2, 0.25) is 0 Å². The van der Waals surface area contributed by atoms with Gasteiger partial charge in [0.15, 0.2) is 59.2 Å². The summed E-state index contributed by atoms with van der Waals surface area (Å²) in [6, 6.07) is 0. The maximum Gasteiger partial charge on any atom is 0.335 e. The molecule has 8 atom stereocenters. The Bertz CT molecular complexity index is 1880. The molecule has 0 radical (unpaired) electrons. The molecule has 4 fully saturated rings. The zero-order valence-electron chi connectivity index (χ0n) is 26.6. The number of carboxylic acid groups (broad SMARTS) is 1. The second-order valence-corrected chi connectivity index (χ2v) is 12.4. The quantitative estimate of drug-likeness (QED) is 0.216. The Hall–Kier alpha value is -4.60. The van der Waals surface area contributed by atoms with Crippen LogP contribution in [-0.4, -0.2) is 111 Å². The highest BCUT2D eigenvalue weighted by atomic mass is 16.8. The number of hydrogen-bond acceptors (Lipinski definition) is 16. The Balaban J connectivity index is 0.000000152. The molecule has 4 aromatic heterocycles. The molecule has 1 amide bonds. The summed E-state index contributed by atoms with van der Waals surface area (Å²) < 4.78 is 38.4. The lowest BCUT2D eigenvalue weighted by Crippen LogP contribution is -2.42. The smallest absolute Gasteiger partial charge is 0.335 e. The van der Waals surface area contributed by atoms with Crippen molar-refractivity contribution in [2.75, 3.05) is 18.0 Å². The molecule has 20 heteroatoms. The third-order valence-electron chi connectivity index (χ3n) is 8.23. The minimum Gasteiger partial charge on any atom is -0.479 e. The number of likely N-dealkylation sites (N-methyl/N-ethyl adjacent to an activating group) is 1. The molecule has 8 rings (SSSR count). The number of aromatic nitrogens is 8. The van der Waals surface area contributed by atoms with Gasteiger partial charge in [-0.05, 0) is 34.6 Å². The van der Waals surface area contributed by atoms with Crippen LogP contribution in [0.25, 0.3) is 22.3 Å². The number of carbonyl (C=O) groups excluding carboxylic acids is 1. The third-order valence-corrected chi connectivity index (χ3v) is 8.23. The molecule has 0 unspecified atom stereocenters. The molecule has 0 aliphatic carbocycles. The Morgan fingerprint density at radius 1 is 0.750 bits per heavy atom. The summed E-state index contributed by atoms with van der Waals surface area (Å²) in [6.45, 7) is 9.43. The van der Waals surface area contributed by atoms with E-state index < -0.39 is 66.6 Å². The first-order valence-electron chi connectivity index (χ1n) is 15.2. The van der Waals surface area contributed by atoms with E-state index in [-0.39, 0.29) is 17.5 Å². The Morgan fingerprint density at radius 3 is 1.65 bits per heavy atom. The number of imidazole rings is 2. The second-order valence-electron chi connectivity index (χ2n) is 12.4. The number of hydrogen-bond donors (Lipinski definition) is 4. The van der Waals surface area contributed by atoms with E-state index in [2.05, 4.69) is 35.2 Å². The number of carbonyl (C=O) groups is 2. The fourth-order valence-electron chi connectivity index (χ4n) is 6.40. The minimum atomic E-state index is -1.14. The van der Waals surface area contributed by atoms with Crippen molar-refractivity contribution >= 4 is 45.8 Å². The van der Waals surface area contributed by atoms with Gasteiger partial charge in [-0.2, -0.15) is 0 Å². The highest BCUT2D eigenvalue weighted by Crippen LogP contribution is 2.45. The van der Waals surface area contributed by atoms with Gasteiger partial charge in [0.25, 0.3) is 5.91 Å². The lowest BCUT2D eigenvalue weighted by molar-refractivity contribution is -0.202. The zero-order valence-corrected chi connectivity index (χ0v) is 26.6. The number of nitrogens with two attached hydrogens (primary N) is 2.